The van der Waals surface area contributed by atoms with Gasteiger partial charge in [0, 0.05) is 18.7 Å². The normalized spacial score (nSPS) is 11.3. The van der Waals surface area contributed by atoms with Crippen LogP contribution in [0, 0.1) is 0 Å². The highest BCUT2D eigenvalue weighted by Gasteiger charge is 2.23. The molecule has 2 aromatic carbocycles. The molecule has 3 rings (SSSR count). The molecule has 0 unspecified atom stereocenters. The number of nitrogens with zero attached hydrogens (tertiary/aromatic N) is 3. The average molecular weight is 460 g/mol. The zero-order valence-electron chi connectivity index (χ0n) is 18.4. The molecule has 0 saturated carbocycles. The summed E-state index contributed by atoms with van der Waals surface area (Å²) < 4.78 is 6.78. The molecule has 0 saturated heterocycles. The first kappa shape index (κ1) is 23.5. The first-order chi connectivity index (χ1) is 15.1. The predicted octanol–water partition coefficient (Wildman–Crippen LogP) is 6.12. The third-order valence-electron chi connectivity index (χ3n) is 5.22. The van der Waals surface area contributed by atoms with Crippen LogP contribution < -0.4 is 9.64 Å². The summed E-state index contributed by atoms with van der Waals surface area (Å²) in [5.41, 5.74) is 1.33. The molecule has 5 nitrogen and oxygen atoms in total. The van der Waals surface area contributed by atoms with Crippen LogP contribution in [0.3, 0.4) is 0 Å². The maximum Gasteiger partial charge on any atom is 0.260 e. The fraction of sp³-hybridized carbons (Fsp3) is 0.417. The van der Waals surface area contributed by atoms with Gasteiger partial charge in [0.2, 0.25) is 0 Å². The van der Waals surface area contributed by atoms with E-state index in [-0.39, 0.29) is 5.91 Å². The number of hydrogen-bond acceptors (Lipinski definition) is 5. The van der Waals surface area contributed by atoms with E-state index >= 15 is 0 Å². The topological polar surface area (TPSA) is 45.7 Å². The van der Waals surface area contributed by atoms with E-state index in [0.29, 0.717) is 28.9 Å². The number of thiazole rings is 1. The van der Waals surface area contributed by atoms with Gasteiger partial charge in [0.1, 0.15) is 11.3 Å². The van der Waals surface area contributed by atoms with Crippen molar-refractivity contribution in [1.82, 2.24) is 9.88 Å². The molecular formula is C24H30ClN3O2S. The largest absolute Gasteiger partial charge is 0.494 e. The Balaban J connectivity index is 1.90. The van der Waals surface area contributed by atoms with Crippen LogP contribution in [0.5, 0.6) is 5.75 Å². The highest BCUT2D eigenvalue weighted by Crippen LogP contribution is 2.33. The number of anilines is 1. The number of ether oxygens (including phenoxy) is 1. The Hall–Kier alpha value is -2.15. The molecule has 1 aromatic heterocycles. The number of aromatic nitrogens is 1. The summed E-state index contributed by atoms with van der Waals surface area (Å²) in [6.45, 7) is 10.2. The number of carbonyl (C=O) groups excluding carboxylic acids is 1. The SMILES string of the molecule is CCCCOc1cccc(C(=O)N(CCN(CC)CC)c2nc3c(Cl)cccc3s2)c1. The van der Waals surface area contributed by atoms with Crippen molar-refractivity contribution in [2.24, 2.45) is 0 Å². The van der Waals surface area contributed by atoms with E-state index < -0.39 is 0 Å². The second kappa shape index (κ2) is 11.5. The van der Waals surface area contributed by atoms with E-state index in [1.54, 1.807) is 4.90 Å². The van der Waals surface area contributed by atoms with Gasteiger partial charge < -0.3 is 9.64 Å². The van der Waals surface area contributed by atoms with E-state index in [0.717, 1.165) is 48.4 Å². The van der Waals surface area contributed by atoms with E-state index in [9.17, 15) is 4.79 Å². The summed E-state index contributed by atoms with van der Waals surface area (Å²) in [5, 5.41) is 1.26. The predicted molar refractivity (Wildman–Crippen MR) is 131 cm³/mol. The summed E-state index contributed by atoms with van der Waals surface area (Å²) in [6.07, 6.45) is 2.05. The van der Waals surface area contributed by atoms with Gasteiger partial charge in [-0.3, -0.25) is 9.69 Å². The van der Waals surface area contributed by atoms with Crippen LogP contribution in [-0.2, 0) is 0 Å². The number of carbonyl (C=O) groups is 1. The fourth-order valence-corrected chi connectivity index (χ4v) is 4.58. The molecular weight excluding hydrogens is 430 g/mol. The summed E-state index contributed by atoms with van der Waals surface area (Å²) in [6, 6.07) is 13.1. The van der Waals surface area contributed by atoms with Gasteiger partial charge >= 0.3 is 0 Å². The standard InChI is InChI=1S/C24H30ClN3O2S/c1-4-7-16-30-19-11-8-10-18(17-19)23(29)28(15-14-27(5-2)6-3)24-26-22-20(25)12-9-13-21(22)31-24/h8-13,17H,4-7,14-16H2,1-3H3. The van der Waals surface area contributed by atoms with Crippen molar-refractivity contribution in [1.29, 1.82) is 0 Å². The first-order valence-corrected chi connectivity index (χ1v) is 12.1. The van der Waals surface area contributed by atoms with Crippen LogP contribution in [-0.4, -0.2) is 48.6 Å². The minimum absolute atomic E-state index is 0.0803. The van der Waals surface area contributed by atoms with Gasteiger partial charge in [0.05, 0.1) is 16.3 Å². The van der Waals surface area contributed by atoms with Gasteiger partial charge in [-0.15, -0.1) is 0 Å². The summed E-state index contributed by atoms with van der Waals surface area (Å²) in [5.74, 6) is 0.638. The molecule has 0 bridgehead atoms. The van der Waals surface area contributed by atoms with Crippen molar-refractivity contribution in [3.8, 4) is 5.75 Å². The molecule has 0 fully saturated rings. The lowest BCUT2D eigenvalue weighted by Crippen LogP contribution is -2.38. The van der Waals surface area contributed by atoms with Gasteiger partial charge in [0.25, 0.3) is 5.91 Å². The molecule has 7 heteroatoms. The highest BCUT2D eigenvalue weighted by molar-refractivity contribution is 7.22. The molecule has 0 atom stereocenters. The van der Waals surface area contributed by atoms with Crippen molar-refractivity contribution in [3.05, 3.63) is 53.1 Å². The Morgan fingerprint density at radius 3 is 2.58 bits per heavy atom. The number of unbranched alkanes of at least 4 members (excludes halogenated alkanes) is 1. The second-order valence-electron chi connectivity index (χ2n) is 7.30. The maximum atomic E-state index is 13.6. The Morgan fingerprint density at radius 2 is 1.87 bits per heavy atom. The van der Waals surface area contributed by atoms with Gasteiger partial charge in [-0.25, -0.2) is 4.98 Å². The van der Waals surface area contributed by atoms with Gasteiger partial charge in [0.15, 0.2) is 5.13 Å². The summed E-state index contributed by atoms with van der Waals surface area (Å²) >= 11 is 7.83. The quantitative estimate of drug-likeness (QED) is 0.324. The van der Waals surface area contributed by atoms with Gasteiger partial charge in [-0.2, -0.15) is 0 Å². The lowest BCUT2D eigenvalue weighted by Gasteiger charge is -2.25. The molecule has 1 amide bonds. The smallest absolute Gasteiger partial charge is 0.260 e. The molecule has 0 aliphatic carbocycles. The number of amides is 1. The first-order valence-electron chi connectivity index (χ1n) is 10.9. The number of rotatable bonds is 11. The summed E-state index contributed by atoms with van der Waals surface area (Å²) in [7, 11) is 0. The number of hydrogen-bond donors (Lipinski definition) is 0. The molecule has 0 aliphatic heterocycles. The second-order valence-corrected chi connectivity index (χ2v) is 8.71. The van der Waals surface area contributed by atoms with Crippen molar-refractivity contribution < 1.29 is 9.53 Å². The van der Waals surface area contributed by atoms with Crippen LogP contribution in [0.15, 0.2) is 42.5 Å². The monoisotopic (exact) mass is 459 g/mol. The van der Waals surface area contributed by atoms with E-state index in [4.69, 9.17) is 21.3 Å². The zero-order chi connectivity index (χ0) is 22.2. The Labute approximate surface area is 193 Å². The molecule has 0 aliphatic rings. The van der Waals surface area contributed by atoms with Crippen molar-refractivity contribution in [2.75, 3.05) is 37.7 Å². The van der Waals surface area contributed by atoms with Crippen LogP contribution >= 0.6 is 22.9 Å². The lowest BCUT2D eigenvalue weighted by atomic mass is 10.2. The third kappa shape index (κ3) is 5.97. The lowest BCUT2D eigenvalue weighted by molar-refractivity contribution is 0.0983. The Bertz CT molecular complexity index is 1000. The van der Waals surface area contributed by atoms with Gasteiger partial charge in [-0.1, -0.05) is 62.3 Å². The number of fused-ring (bicyclic) bond motifs is 1. The van der Waals surface area contributed by atoms with Crippen molar-refractivity contribution in [2.45, 2.75) is 33.6 Å². The minimum Gasteiger partial charge on any atom is -0.494 e. The third-order valence-corrected chi connectivity index (χ3v) is 6.56. The number of halogens is 1. The molecule has 0 N–H and O–H groups in total. The summed E-state index contributed by atoms with van der Waals surface area (Å²) in [4.78, 5) is 22.3. The molecule has 1 heterocycles. The molecule has 0 radical (unpaired) electrons. The minimum atomic E-state index is -0.0803. The van der Waals surface area contributed by atoms with Crippen LogP contribution in [0.25, 0.3) is 10.2 Å². The van der Waals surface area contributed by atoms with Gasteiger partial charge in [-0.05, 0) is 49.8 Å². The molecule has 3 aromatic rings. The van der Waals surface area contributed by atoms with Crippen LogP contribution in [0.2, 0.25) is 5.02 Å². The van der Waals surface area contributed by atoms with E-state index in [2.05, 4.69) is 25.7 Å². The molecule has 31 heavy (non-hydrogen) atoms. The van der Waals surface area contributed by atoms with E-state index in [1.807, 2.05) is 42.5 Å². The highest BCUT2D eigenvalue weighted by atomic mass is 35.5. The van der Waals surface area contributed by atoms with E-state index in [1.165, 1.54) is 11.3 Å². The number of likely N-dealkylation sites (N-methyl/N-ethyl adjacent to an activating group) is 1. The molecule has 166 valence electrons. The fourth-order valence-electron chi connectivity index (χ4n) is 3.29. The zero-order valence-corrected chi connectivity index (χ0v) is 20.0. The Kier molecular flexibility index (Phi) is 8.69. The number of benzene rings is 2. The Morgan fingerprint density at radius 1 is 1.10 bits per heavy atom. The van der Waals surface area contributed by atoms with Crippen molar-refractivity contribution >= 4 is 44.2 Å². The van der Waals surface area contributed by atoms with Crippen LogP contribution in [0.1, 0.15) is 44.0 Å². The molecule has 0 spiro atoms. The maximum absolute atomic E-state index is 13.6. The van der Waals surface area contributed by atoms with Crippen LogP contribution in [0.4, 0.5) is 5.13 Å². The van der Waals surface area contributed by atoms with Crippen molar-refractivity contribution in [3.63, 3.8) is 0 Å². The number of para-hydroxylation sites is 1. The average Bonchev–Trinajstić information content (AvgIpc) is 3.22.